The summed E-state index contributed by atoms with van der Waals surface area (Å²) in [5.74, 6) is -2.65. The summed E-state index contributed by atoms with van der Waals surface area (Å²) < 4.78 is 23.8. The van der Waals surface area contributed by atoms with Crippen LogP contribution in [0, 0.1) is 11.8 Å². The second kappa shape index (κ2) is 21.1. The number of amides is 4. The summed E-state index contributed by atoms with van der Waals surface area (Å²) in [4.78, 5) is 58.3. The highest BCUT2D eigenvalue weighted by molar-refractivity contribution is 8.00. The summed E-state index contributed by atoms with van der Waals surface area (Å²) in [6.45, 7) is 23.1. The molecule has 12 nitrogen and oxygen atoms in total. The molecule has 57 heavy (non-hydrogen) atoms. The molecule has 14 heteroatoms. The molecule has 4 amide bonds. The number of thioether (sulfide) groups is 2. The lowest BCUT2D eigenvalue weighted by Gasteiger charge is -2.41. The van der Waals surface area contributed by atoms with Gasteiger partial charge in [0.2, 0.25) is 0 Å². The van der Waals surface area contributed by atoms with Crippen LogP contribution in [-0.4, -0.2) is 92.1 Å². The number of ether oxygens (including phenoxy) is 4. The molecule has 318 valence electrons. The summed E-state index contributed by atoms with van der Waals surface area (Å²) in [5.41, 5.74) is 8.46. The predicted molar refractivity (Wildman–Crippen MR) is 229 cm³/mol. The number of nitrogens with one attached hydrogen (secondary N) is 2. The minimum atomic E-state index is -1.20. The van der Waals surface area contributed by atoms with E-state index in [2.05, 4.69) is 31.4 Å². The van der Waals surface area contributed by atoms with Crippen molar-refractivity contribution in [2.75, 3.05) is 11.5 Å². The van der Waals surface area contributed by atoms with Crippen molar-refractivity contribution in [3.05, 3.63) is 71.8 Å². The summed E-state index contributed by atoms with van der Waals surface area (Å²) in [6, 6.07) is 14.5. The molecular formula is C43H66N4O8S2. The van der Waals surface area contributed by atoms with Gasteiger partial charge in [-0.1, -0.05) is 130 Å². The minimum Gasteiger partial charge on any atom is -0.445 e. The summed E-state index contributed by atoms with van der Waals surface area (Å²) in [7, 11) is 0. The SMILES string of the molecule is CC(C)[C@H](NC(=O)OCc1ccccc1)C(=O)N(C(=O)[C@@H](NC(=O)OCc1ccccc1)C(C)C)[C@@H](CSC(C)(C)C)[C@H]1OC(C)(C)O[C@@H]1[C@@H](N)CSC(C)(C)C. The molecule has 0 bridgehead atoms. The zero-order valence-electron chi connectivity index (χ0n) is 35.8. The Labute approximate surface area is 348 Å². The maximum atomic E-state index is 15.2. The monoisotopic (exact) mass is 830 g/mol. The first-order chi connectivity index (χ1) is 26.5. The van der Waals surface area contributed by atoms with Gasteiger partial charge < -0.3 is 35.3 Å². The fourth-order valence-corrected chi connectivity index (χ4v) is 7.98. The Balaban J connectivity index is 2.11. The number of carbonyl (C=O) groups is 4. The van der Waals surface area contributed by atoms with Crippen LogP contribution in [0.3, 0.4) is 0 Å². The highest BCUT2D eigenvalue weighted by Crippen LogP contribution is 2.38. The maximum absolute atomic E-state index is 15.2. The molecule has 0 saturated carbocycles. The highest BCUT2D eigenvalue weighted by atomic mass is 32.2. The van der Waals surface area contributed by atoms with Gasteiger partial charge in [-0.25, -0.2) is 9.59 Å². The third kappa shape index (κ3) is 15.8. The van der Waals surface area contributed by atoms with E-state index in [0.717, 1.165) is 11.1 Å². The second-order valence-electron chi connectivity index (χ2n) is 17.5. The van der Waals surface area contributed by atoms with Crippen LogP contribution in [-0.2, 0) is 41.8 Å². The van der Waals surface area contributed by atoms with Gasteiger partial charge in [-0.3, -0.25) is 14.5 Å². The zero-order valence-corrected chi connectivity index (χ0v) is 37.5. The van der Waals surface area contributed by atoms with E-state index in [1.807, 2.05) is 81.4 Å². The lowest BCUT2D eigenvalue weighted by Crippen LogP contribution is -2.65. The number of hydrogen-bond acceptors (Lipinski definition) is 11. The third-order valence-corrected chi connectivity index (χ3v) is 11.8. The largest absolute Gasteiger partial charge is 0.445 e. The molecule has 2 aromatic rings. The van der Waals surface area contributed by atoms with Gasteiger partial charge in [-0.2, -0.15) is 23.5 Å². The number of imide groups is 1. The van der Waals surface area contributed by atoms with Crippen molar-refractivity contribution in [2.24, 2.45) is 17.6 Å². The van der Waals surface area contributed by atoms with Gasteiger partial charge in [-0.15, -0.1) is 0 Å². The maximum Gasteiger partial charge on any atom is 0.408 e. The quantitative estimate of drug-likeness (QED) is 0.145. The summed E-state index contributed by atoms with van der Waals surface area (Å²) in [6.07, 6.45) is -3.22. The second-order valence-corrected chi connectivity index (χ2v) is 21.2. The smallest absolute Gasteiger partial charge is 0.408 e. The molecule has 1 fully saturated rings. The molecule has 6 atom stereocenters. The van der Waals surface area contributed by atoms with E-state index < -0.39 is 78.0 Å². The number of benzene rings is 2. The molecule has 2 aromatic carbocycles. The van der Waals surface area contributed by atoms with E-state index >= 15 is 9.59 Å². The first-order valence-corrected chi connectivity index (χ1v) is 21.7. The molecule has 0 aromatic heterocycles. The lowest BCUT2D eigenvalue weighted by molar-refractivity contribution is -0.164. The Bertz CT molecular complexity index is 1520. The topological polar surface area (TPSA) is 159 Å². The third-order valence-electron chi connectivity index (χ3n) is 9.00. The van der Waals surface area contributed by atoms with Crippen LogP contribution < -0.4 is 16.4 Å². The summed E-state index contributed by atoms with van der Waals surface area (Å²) in [5, 5.41) is 5.50. The highest BCUT2D eigenvalue weighted by Gasteiger charge is 2.53. The van der Waals surface area contributed by atoms with Crippen molar-refractivity contribution in [1.29, 1.82) is 0 Å². The fraction of sp³-hybridized carbons (Fsp3) is 0.628. The molecule has 1 aliphatic heterocycles. The van der Waals surface area contributed by atoms with Gasteiger partial charge >= 0.3 is 12.2 Å². The van der Waals surface area contributed by atoms with Crippen molar-refractivity contribution in [2.45, 2.75) is 148 Å². The van der Waals surface area contributed by atoms with Crippen molar-refractivity contribution >= 4 is 47.5 Å². The molecule has 1 saturated heterocycles. The molecular weight excluding hydrogens is 765 g/mol. The van der Waals surface area contributed by atoms with E-state index in [1.165, 1.54) is 4.90 Å². The van der Waals surface area contributed by atoms with E-state index in [1.54, 1.807) is 65.1 Å². The van der Waals surface area contributed by atoms with Crippen LogP contribution in [0.25, 0.3) is 0 Å². The van der Waals surface area contributed by atoms with Crippen LogP contribution in [0.5, 0.6) is 0 Å². The molecule has 0 spiro atoms. The van der Waals surface area contributed by atoms with Gasteiger partial charge in [0, 0.05) is 27.0 Å². The van der Waals surface area contributed by atoms with Crippen LogP contribution in [0.1, 0.15) is 94.2 Å². The Hall–Kier alpha value is -3.30. The van der Waals surface area contributed by atoms with Gasteiger partial charge in [0.25, 0.3) is 11.8 Å². The standard InChI is InChI=1S/C43H66N4O8S2/c1-27(2)33(45-39(50)52-23-29-19-15-13-16-20-29)37(48)47(38(49)34(28(3)4)46-40(51)53-24-30-21-17-14-18-22-30)32(26-57-42(8,9)10)36-35(54-43(11,12)55-36)31(44)25-56-41(5,6)7/h13-22,27-28,31-36H,23-26,44H2,1-12H3,(H,45,50)(H,46,51)/t31-,32-,33-,34-,35+,36+/m0/s1. The normalized spacial score (nSPS) is 19.0. The molecule has 4 N–H and O–H groups in total. The molecule has 3 rings (SSSR count). The van der Waals surface area contributed by atoms with Crippen molar-refractivity contribution in [1.82, 2.24) is 15.5 Å². The fourth-order valence-electron chi connectivity index (χ4n) is 6.08. The number of hydrogen-bond donors (Lipinski definition) is 3. The number of carbonyl (C=O) groups excluding carboxylic acids is 4. The molecule has 0 aliphatic carbocycles. The van der Waals surface area contributed by atoms with E-state index in [9.17, 15) is 9.59 Å². The minimum absolute atomic E-state index is 0.0158. The van der Waals surface area contributed by atoms with Crippen LogP contribution >= 0.6 is 23.5 Å². The van der Waals surface area contributed by atoms with Gasteiger partial charge in [-0.05, 0) is 36.8 Å². The Morgan fingerprint density at radius 2 is 1.09 bits per heavy atom. The van der Waals surface area contributed by atoms with Crippen molar-refractivity contribution in [3.63, 3.8) is 0 Å². The zero-order chi connectivity index (χ0) is 42.7. The Kier molecular flexibility index (Phi) is 17.8. The van der Waals surface area contributed by atoms with Gasteiger partial charge in [0.1, 0.15) is 37.5 Å². The van der Waals surface area contributed by atoms with Crippen LogP contribution in [0.15, 0.2) is 60.7 Å². The number of nitrogens with zero attached hydrogens (tertiary/aromatic N) is 1. The number of rotatable bonds is 17. The molecule has 0 radical (unpaired) electrons. The Morgan fingerprint density at radius 1 is 0.702 bits per heavy atom. The predicted octanol–water partition coefficient (Wildman–Crippen LogP) is 7.52. The molecule has 1 aliphatic rings. The van der Waals surface area contributed by atoms with E-state index in [4.69, 9.17) is 24.7 Å². The van der Waals surface area contributed by atoms with Crippen molar-refractivity contribution in [3.8, 4) is 0 Å². The average Bonchev–Trinajstić information content (AvgIpc) is 3.45. The van der Waals surface area contributed by atoms with E-state index in [0.29, 0.717) is 5.75 Å². The number of nitrogens with two attached hydrogens (primary N) is 1. The summed E-state index contributed by atoms with van der Waals surface area (Å²) >= 11 is 3.23. The molecule has 1 heterocycles. The molecule has 0 unspecified atom stereocenters. The van der Waals surface area contributed by atoms with E-state index in [-0.39, 0.29) is 28.5 Å². The Morgan fingerprint density at radius 3 is 1.47 bits per heavy atom. The first-order valence-electron chi connectivity index (χ1n) is 19.7. The van der Waals surface area contributed by atoms with Gasteiger partial charge in [0.15, 0.2) is 5.79 Å². The van der Waals surface area contributed by atoms with Crippen molar-refractivity contribution < 1.29 is 38.1 Å². The number of alkyl carbamates (subject to hydrolysis) is 2. The van der Waals surface area contributed by atoms with Gasteiger partial charge in [0.05, 0.1) is 6.04 Å². The lowest BCUT2D eigenvalue weighted by atomic mass is 9.95. The first kappa shape index (κ1) is 48.1. The average molecular weight is 831 g/mol. The van der Waals surface area contributed by atoms with Crippen LogP contribution in [0.4, 0.5) is 9.59 Å². The van der Waals surface area contributed by atoms with Crippen LogP contribution in [0.2, 0.25) is 0 Å².